The van der Waals surface area contributed by atoms with Crippen molar-refractivity contribution in [1.82, 2.24) is 9.97 Å². The molecule has 0 unspecified atom stereocenters. The number of carbonyl (C=O) groups is 1. The fraction of sp³-hybridized carbons (Fsp3) is 0.267. The van der Waals surface area contributed by atoms with Gasteiger partial charge in [-0.1, -0.05) is 19.1 Å². The van der Waals surface area contributed by atoms with Crippen LogP contribution in [0.1, 0.15) is 29.8 Å². The first-order valence-electron chi connectivity index (χ1n) is 6.31. The van der Waals surface area contributed by atoms with E-state index in [4.69, 9.17) is 4.74 Å². The summed E-state index contributed by atoms with van der Waals surface area (Å²) in [5.41, 5.74) is 3.42. The van der Waals surface area contributed by atoms with Gasteiger partial charge in [0, 0.05) is 11.1 Å². The van der Waals surface area contributed by atoms with Gasteiger partial charge in [0.15, 0.2) is 0 Å². The predicted molar refractivity (Wildman–Crippen MR) is 73.4 cm³/mol. The van der Waals surface area contributed by atoms with Crippen LogP contribution >= 0.6 is 0 Å². The minimum absolute atomic E-state index is 0.512. The van der Waals surface area contributed by atoms with Gasteiger partial charge < -0.3 is 4.74 Å². The molecule has 1 heterocycles. The monoisotopic (exact) mass is 256 g/mol. The minimum atomic E-state index is 0.512. The first kappa shape index (κ1) is 13.2. The van der Waals surface area contributed by atoms with E-state index in [-0.39, 0.29) is 0 Å². The Kier molecular flexibility index (Phi) is 4.23. The van der Waals surface area contributed by atoms with Crippen LogP contribution in [0.2, 0.25) is 0 Å². The summed E-state index contributed by atoms with van der Waals surface area (Å²) in [5, 5.41) is 0. The van der Waals surface area contributed by atoms with Crippen molar-refractivity contribution in [3.8, 4) is 17.1 Å². The summed E-state index contributed by atoms with van der Waals surface area (Å²) in [6.07, 6.45) is 4.97. The van der Waals surface area contributed by atoms with E-state index < -0.39 is 0 Å². The minimum Gasteiger partial charge on any atom is -0.477 e. The van der Waals surface area contributed by atoms with Crippen LogP contribution in [-0.2, 0) is 6.42 Å². The Morgan fingerprint density at radius 3 is 2.79 bits per heavy atom. The number of hydrogen-bond acceptors (Lipinski definition) is 4. The second-order valence-electron chi connectivity index (χ2n) is 4.06. The van der Waals surface area contributed by atoms with Crippen molar-refractivity contribution in [2.24, 2.45) is 0 Å². The molecule has 2 rings (SSSR count). The van der Waals surface area contributed by atoms with Crippen molar-refractivity contribution >= 4 is 6.29 Å². The Labute approximate surface area is 112 Å². The molecule has 2 aromatic rings. The average molecular weight is 256 g/mol. The standard InChI is InChI=1S/C15H16N2O2/c1-3-11-7-12(5-6-13(11)10-18)14-8-16-9-15(17-14)19-4-2/h5-10H,3-4H2,1-2H3. The summed E-state index contributed by atoms with van der Waals surface area (Å²) < 4.78 is 5.34. The van der Waals surface area contributed by atoms with E-state index in [2.05, 4.69) is 9.97 Å². The van der Waals surface area contributed by atoms with Gasteiger partial charge in [-0.05, 0) is 25.0 Å². The molecule has 0 saturated heterocycles. The SMILES string of the molecule is CCOc1cncc(-c2ccc(C=O)c(CC)c2)n1. The average Bonchev–Trinajstić information content (AvgIpc) is 2.47. The maximum absolute atomic E-state index is 10.9. The zero-order chi connectivity index (χ0) is 13.7. The molecule has 0 aliphatic rings. The first-order valence-corrected chi connectivity index (χ1v) is 6.31. The van der Waals surface area contributed by atoms with Crippen LogP contribution in [0.25, 0.3) is 11.3 Å². The third-order valence-corrected chi connectivity index (χ3v) is 2.85. The molecule has 1 aromatic heterocycles. The van der Waals surface area contributed by atoms with Gasteiger partial charge in [-0.25, -0.2) is 4.98 Å². The fourth-order valence-electron chi connectivity index (χ4n) is 1.89. The maximum Gasteiger partial charge on any atom is 0.232 e. The molecule has 0 spiro atoms. The van der Waals surface area contributed by atoms with Crippen LogP contribution in [0.4, 0.5) is 0 Å². The number of rotatable bonds is 5. The van der Waals surface area contributed by atoms with E-state index in [1.165, 1.54) is 0 Å². The lowest BCUT2D eigenvalue weighted by Gasteiger charge is -2.07. The number of benzene rings is 1. The summed E-state index contributed by atoms with van der Waals surface area (Å²) in [6, 6.07) is 5.67. The topological polar surface area (TPSA) is 52.1 Å². The first-order chi connectivity index (χ1) is 9.28. The highest BCUT2D eigenvalue weighted by Crippen LogP contribution is 2.21. The Morgan fingerprint density at radius 1 is 1.26 bits per heavy atom. The number of ether oxygens (including phenoxy) is 1. The van der Waals surface area contributed by atoms with Gasteiger partial charge in [0.25, 0.3) is 0 Å². The Hall–Kier alpha value is -2.23. The third kappa shape index (κ3) is 2.96. The van der Waals surface area contributed by atoms with Gasteiger partial charge in [0.1, 0.15) is 6.29 Å². The lowest BCUT2D eigenvalue weighted by atomic mass is 10.0. The molecule has 0 saturated carbocycles. The molecule has 0 fully saturated rings. The van der Waals surface area contributed by atoms with Gasteiger partial charge in [-0.15, -0.1) is 0 Å². The second kappa shape index (κ2) is 6.09. The van der Waals surface area contributed by atoms with Gasteiger partial charge in [-0.3, -0.25) is 9.78 Å². The highest BCUT2D eigenvalue weighted by atomic mass is 16.5. The van der Waals surface area contributed by atoms with Gasteiger partial charge in [0.2, 0.25) is 5.88 Å². The van der Waals surface area contributed by atoms with Crippen molar-refractivity contribution in [2.45, 2.75) is 20.3 Å². The molecular weight excluding hydrogens is 240 g/mol. The molecule has 0 aliphatic carbocycles. The zero-order valence-corrected chi connectivity index (χ0v) is 11.1. The molecule has 98 valence electrons. The molecular formula is C15H16N2O2. The molecule has 0 bridgehead atoms. The third-order valence-electron chi connectivity index (χ3n) is 2.85. The zero-order valence-electron chi connectivity index (χ0n) is 11.1. The lowest BCUT2D eigenvalue weighted by molar-refractivity contribution is 0.112. The number of aryl methyl sites for hydroxylation is 1. The van der Waals surface area contributed by atoms with Crippen molar-refractivity contribution in [3.05, 3.63) is 41.7 Å². The van der Waals surface area contributed by atoms with Crippen molar-refractivity contribution in [1.29, 1.82) is 0 Å². The second-order valence-corrected chi connectivity index (χ2v) is 4.06. The van der Waals surface area contributed by atoms with Crippen molar-refractivity contribution in [2.75, 3.05) is 6.61 Å². The molecule has 0 radical (unpaired) electrons. The van der Waals surface area contributed by atoms with Crippen molar-refractivity contribution < 1.29 is 9.53 Å². The molecule has 4 nitrogen and oxygen atoms in total. The van der Waals surface area contributed by atoms with E-state index in [9.17, 15) is 4.79 Å². The summed E-state index contributed by atoms with van der Waals surface area (Å²) >= 11 is 0. The number of aldehydes is 1. The van der Waals surface area contributed by atoms with Crippen LogP contribution in [-0.4, -0.2) is 22.9 Å². The number of hydrogen-bond donors (Lipinski definition) is 0. The van der Waals surface area contributed by atoms with Crippen molar-refractivity contribution in [3.63, 3.8) is 0 Å². The van der Waals surface area contributed by atoms with Gasteiger partial charge >= 0.3 is 0 Å². The van der Waals surface area contributed by atoms with Gasteiger partial charge in [0.05, 0.1) is 24.7 Å². The highest BCUT2D eigenvalue weighted by Gasteiger charge is 2.06. The number of aromatic nitrogens is 2. The summed E-state index contributed by atoms with van der Waals surface area (Å²) in [6.45, 7) is 4.49. The molecule has 1 aromatic carbocycles. The largest absolute Gasteiger partial charge is 0.477 e. The highest BCUT2D eigenvalue weighted by molar-refractivity contribution is 5.79. The number of carbonyl (C=O) groups excluding carboxylic acids is 1. The van der Waals surface area contributed by atoms with Crippen LogP contribution < -0.4 is 4.74 Å². The molecule has 0 atom stereocenters. The molecule has 0 N–H and O–H groups in total. The summed E-state index contributed by atoms with van der Waals surface area (Å²) in [4.78, 5) is 19.4. The quantitative estimate of drug-likeness (QED) is 0.772. The molecule has 0 amide bonds. The summed E-state index contributed by atoms with van der Waals surface area (Å²) in [7, 11) is 0. The predicted octanol–water partition coefficient (Wildman–Crippen LogP) is 2.92. The van der Waals surface area contributed by atoms with E-state index in [0.717, 1.165) is 35.1 Å². The molecule has 4 heteroatoms. The van der Waals surface area contributed by atoms with Crippen LogP contribution in [0.3, 0.4) is 0 Å². The summed E-state index contributed by atoms with van der Waals surface area (Å²) in [5.74, 6) is 0.512. The van der Waals surface area contributed by atoms with E-state index in [1.54, 1.807) is 12.4 Å². The molecule has 19 heavy (non-hydrogen) atoms. The van der Waals surface area contributed by atoms with E-state index in [0.29, 0.717) is 12.5 Å². The lowest BCUT2D eigenvalue weighted by Crippen LogP contribution is -1.97. The Bertz CT molecular complexity index is 582. The van der Waals surface area contributed by atoms with Gasteiger partial charge in [-0.2, -0.15) is 0 Å². The maximum atomic E-state index is 10.9. The fourth-order valence-corrected chi connectivity index (χ4v) is 1.89. The number of nitrogens with zero attached hydrogens (tertiary/aromatic N) is 2. The Morgan fingerprint density at radius 2 is 2.11 bits per heavy atom. The Balaban J connectivity index is 2.41. The van der Waals surface area contributed by atoms with Crippen LogP contribution in [0.5, 0.6) is 5.88 Å². The van der Waals surface area contributed by atoms with Crippen LogP contribution in [0, 0.1) is 0 Å². The van der Waals surface area contributed by atoms with Crippen LogP contribution in [0.15, 0.2) is 30.6 Å². The van der Waals surface area contributed by atoms with E-state index >= 15 is 0 Å². The molecule has 0 aliphatic heterocycles. The normalized spacial score (nSPS) is 10.2. The van der Waals surface area contributed by atoms with E-state index in [1.807, 2.05) is 32.0 Å². The smallest absolute Gasteiger partial charge is 0.232 e.